The normalized spacial score (nSPS) is 10.7. The fourth-order valence-corrected chi connectivity index (χ4v) is 2.64. The molecule has 4 rings (SSSR count). The van der Waals surface area contributed by atoms with Crippen molar-refractivity contribution in [3.8, 4) is 22.5 Å². The quantitative estimate of drug-likeness (QED) is 0.578. The van der Waals surface area contributed by atoms with Gasteiger partial charge >= 0.3 is 0 Å². The van der Waals surface area contributed by atoms with E-state index in [1.54, 1.807) is 6.20 Å². The van der Waals surface area contributed by atoms with Gasteiger partial charge in [0, 0.05) is 5.56 Å². The van der Waals surface area contributed by atoms with E-state index in [0.29, 0.717) is 17.2 Å². The maximum atomic E-state index is 12.6. The third-order valence-corrected chi connectivity index (χ3v) is 4.03. The second-order valence-corrected chi connectivity index (χ2v) is 5.91. The van der Waals surface area contributed by atoms with E-state index in [4.69, 9.17) is 4.52 Å². The van der Waals surface area contributed by atoms with Crippen LogP contribution in [-0.2, 0) is 0 Å². The number of anilines is 1. The van der Waals surface area contributed by atoms with Crippen LogP contribution in [0.2, 0.25) is 0 Å². The average Bonchev–Trinajstić information content (AvgIpc) is 3.32. The summed E-state index contributed by atoms with van der Waals surface area (Å²) >= 11 is 0. The summed E-state index contributed by atoms with van der Waals surface area (Å²) in [6.45, 7) is 2.03. The first-order chi connectivity index (χ1) is 12.7. The van der Waals surface area contributed by atoms with Crippen molar-refractivity contribution in [3.63, 3.8) is 0 Å². The Morgan fingerprint density at radius 3 is 2.58 bits per heavy atom. The number of H-pyrrole nitrogens is 1. The Labute approximate surface area is 149 Å². The van der Waals surface area contributed by atoms with Gasteiger partial charge in [0.25, 0.3) is 5.91 Å². The number of imidazole rings is 1. The molecule has 2 aromatic heterocycles. The summed E-state index contributed by atoms with van der Waals surface area (Å²) in [4.78, 5) is 19.9. The largest absolute Gasteiger partial charge is 0.363 e. The molecule has 6 heteroatoms. The van der Waals surface area contributed by atoms with Crippen LogP contribution in [0.1, 0.15) is 15.9 Å². The minimum atomic E-state index is -0.338. The number of benzene rings is 2. The van der Waals surface area contributed by atoms with Gasteiger partial charge in [-0.25, -0.2) is 4.98 Å². The van der Waals surface area contributed by atoms with Crippen LogP contribution < -0.4 is 5.32 Å². The number of aromatic amines is 1. The monoisotopic (exact) mass is 344 g/mol. The van der Waals surface area contributed by atoms with Crippen LogP contribution in [0, 0.1) is 6.92 Å². The molecule has 0 saturated carbocycles. The Kier molecular flexibility index (Phi) is 4.07. The van der Waals surface area contributed by atoms with Crippen molar-refractivity contribution < 1.29 is 9.32 Å². The molecule has 4 aromatic rings. The molecule has 1 amide bonds. The molecular weight excluding hydrogens is 328 g/mol. The average molecular weight is 344 g/mol. The Hall–Kier alpha value is -3.67. The lowest BCUT2D eigenvalue weighted by Crippen LogP contribution is -2.13. The number of carbonyl (C=O) groups is 1. The standard InChI is InChI=1S/C20H16N4O2/c1-13-7-9-14(10-8-13)17-11-21-20(22-17)23-19(25)16-12-26-24-18(16)15-5-3-2-4-6-15/h2-12H,1H3,(H2,21,22,23,25). The fraction of sp³-hybridized carbons (Fsp3) is 0.0500. The molecule has 0 fully saturated rings. The Morgan fingerprint density at radius 2 is 1.81 bits per heavy atom. The van der Waals surface area contributed by atoms with Gasteiger partial charge in [-0.3, -0.25) is 10.1 Å². The van der Waals surface area contributed by atoms with Crippen molar-refractivity contribution in [1.82, 2.24) is 15.1 Å². The zero-order valence-corrected chi connectivity index (χ0v) is 14.1. The number of rotatable bonds is 4. The second-order valence-electron chi connectivity index (χ2n) is 5.91. The van der Waals surface area contributed by atoms with Crippen molar-refractivity contribution in [1.29, 1.82) is 0 Å². The third-order valence-electron chi connectivity index (χ3n) is 4.03. The van der Waals surface area contributed by atoms with E-state index in [2.05, 4.69) is 20.4 Å². The molecule has 0 bridgehead atoms. The van der Waals surface area contributed by atoms with Gasteiger partial charge in [-0.2, -0.15) is 0 Å². The molecule has 0 aliphatic carbocycles. The van der Waals surface area contributed by atoms with Crippen LogP contribution in [0.5, 0.6) is 0 Å². The van der Waals surface area contributed by atoms with Gasteiger partial charge < -0.3 is 9.51 Å². The van der Waals surface area contributed by atoms with E-state index in [1.165, 1.54) is 11.8 Å². The Bertz CT molecular complexity index is 1030. The van der Waals surface area contributed by atoms with E-state index in [1.807, 2.05) is 61.5 Å². The zero-order chi connectivity index (χ0) is 17.9. The predicted octanol–water partition coefficient (Wildman–Crippen LogP) is 4.29. The summed E-state index contributed by atoms with van der Waals surface area (Å²) in [5, 5.41) is 6.69. The minimum Gasteiger partial charge on any atom is -0.363 e. The number of carbonyl (C=O) groups excluding carboxylic acids is 1. The summed E-state index contributed by atoms with van der Waals surface area (Å²) in [7, 11) is 0. The van der Waals surface area contributed by atoms with Crippen LogP contribution in [0.4, 0.5) is 5.95 Å². The van der Waals surface area contributed by atoms with E-state index < -0.39 is 0 Å². The molecule has 0 atom stereocenters. The molecule has 128 valence electrons. The van der Waals surface area contributed by atoms with Crippen molar-refractivity contribution in [2.24, 2.45) is 0 Å². The van der Waals surface area contributed by atoms with Gasteiger partial charge in [0.15, 0.2) is 0 Å². The lowest BCUT2D eigenvalue weighted by atomic mass is 10.1. The number of nitrogens with zero attached hydrogens (tertiary/aromatic N) is 2. The van der Waals surface area contributed by atoms with Crippen molar-refractivity contribution in [2.45, 2.75) is 6.92 Å². The highest BCUT2D eigenvalue weighted by atomic mass is 16.5. The van der Waals surface area contributed by atoms with Crippen LogP contribution in [0.3, 0.4) is 0 Å². The van der Waals surface area contributed by atoms with E-state index in [0.717, 1.165) is 16.8 Å². The number of nitrogens with one attached hydrogen (secondary N) is 2. The van der Waals surface area contributed by atoms with E-state index >= 15 is 0 Å². The lowest BCUT2D eigenvalue weighted by molar-refractivity contribution is 0.102. The first kappa shape index (κ1) is 15.8. The number of aromatic nitrogens is 3. The van der Waals surface area contributed by atoms with Crippen LogP contribution in [-0.4, -0.2) is 21.0 Å². The number of aryl methyl sites for hydroxylation is 1. The van der Waals surface area contributed by atoms with Gasteiger partial charge in [0.05, 0.1) is 11.9 Å². The molecule has 6 nitrogen and oxygen atoms in total. The predicted molar refractivity (Wildman–Crippen MR) is 98.7 cm³/mol. The highest BCUT2D eigenvalue weighted by Gasteiger charge is 2.18. The number of amides is 1. The van der Waals surface area contributed by atoms with Gasteiger partial charge in [-0.15, -0.1) is 0 Å². The summed E-state index contributed by atoms with van der Waals surface area (Å²) in [5.41, 5.74) is 4.67. The van der Waals surface area contributed by atoms with Crippen LogP contribution in [0.15, 0.2) is 71.6 Å². The van der Waals surface area contributed by atoms with Crippen LogP contribution in [0.25, 0.3) is 22.5 Å². The topological polar surface area (TPSA) is 83.8 Å². The minimum absolute atomic E-state index is 0.338. The van der Waals surface area contributed by atoms with E-state index in [-0.39, 0.29) is 5.91 Å². The molecule has 0 unspecified atom stereocenters. The highest BCUT2D eigenvalue weighted by molar-refractivity contribution is 6.07. The molecule has 0 spiro atoms. The number of hydrogen-bond acceptors (Lipinski definition) is 4. The summed E-state index contributed by atoms with van der Waals surface area (Å²) in [6.07, 6.45) is 3.02. The maximum absolute atomic E-state index is 12.6. The third kappa shape index (κ3) is 3.12. The second kappa shape index (κ2) is 6.68. The van der Waals surface area contributed by atoms with Crippen molar-refractivity contribution >= 4 is 11.9 Å². The summed E-state index contributed by atoms with van der Waals surface area (Å²) in [5.74, 6) is 0.0284. The Morgan fingerprint density at radius 1 is 1.04 bits per heavy atom. The SMILES string of the molecule is Cc1ccc(-c2cnc(NC(=O)c3conc3-c3ccccc3)[nH]2)cc1. The maximum Gasteiger partial charge on any atom is 0.263 e. The first-order valence-electron chi connectivity index (χ1n) is 8.14. The van der Waals surface area contributed by atoms with Gasteiger partial charge in [0.2, 0.25) is 5.95 Å². The van der Waals surface area contributed by atoms with Crippen molar-refractivity contribution in [3.05, 3.63) is 78.2 Å². The lowest BCUT2D eigenvalue weighted by Gasteiger charge is -2.02. The molecule has 2 heterocycles. The Balaban J connectivity index is 1.55. The molecule has 0 radical (unpaired) electrons. The molecular formula is C20H16N4O2. The summed E-state index contributed by atoms with van der Waals surface area (Å²) in [6, 6.07) is 17.5. The molecule has 0 saturated heterocycles. The van der Waals surface area contributed by atoms with Gasteiger partial charge in [-0.05, 0) is 12.5 Å². The molecule has 0 aliphatic rings. The molecule has 2 N–H and O–H groups in total. The summed E-state index contributed by atoms with van der Waals surface area (Å²) < 4.78 is 5.00. The van der Waals surface area contributed by atoms with Crippen molar-refractivity contribution in [2.75, 3.05) is 5.32 Å². The smallest absolute Gasteiger partial charge is 0.263 e. The van der Waals surface area contributed by atoms with Gasteiger partial charge in [0.1, 0.15) is 17.5 Å². The van der Waals surface area contributed by atoms with E-state index in [9.17, 15) is 4.79 Å². The first-order valence-corrected chi connectivity index (χ1v) is 8.14. The van der Waals surface area contributed by atoms with Gasteiger partial charge in [-0.1, -0.05) is 65.3 Å². The van der Waals surface area contributed by atoms with Crippen LogP contribution >= 0.6 is 0 Å². The molecule has 0 aliphatic heterocycles. The molecule has 2 aromatic carbocycles. The number of hydrogen-bond donors (Lipinski definition) is 2. The fourth-order valence-electron chi connectivity index (χ4n) is 2.64. The molecule has 26 heavy (non-hydrogen) atoms. The highest BCUT2D eigenvalue weighted by Crippen LogP contribution is 2.23. The zero-order valence-electron chi connectivity index (χ0n) is 14.1.